The molecule has 2 aromatic rings. The molecule has 7 nitrogen and oxygen atoms in total. The maximum absolute atomic E-state index is 12.0. The lowest BCUT2D eigenvalue weighted by Gasteiger charge is -2.08. The van der Waals surface area contributed by atoms with Gasteiger partial charge < -0.3 is 20.6 Å². The lowest BCUT2D eigenvalue weighted by molar-refractivity contribution is -0.607. The molecule has 22 heavy (non-hydrogen) atoms. The van der Waals surface area contributed by atoms with Crippen LogP contribution >= 0.6 is 0 Å². The van der Waals surface area contributed by atoms with Gasteiger partial charge in [-0.2, -0.15) is 4.73 Å². The van der Waals surface area contributed by atoms with Gasteiger partial charge >= 0.3 is 5.91 Å². The summed E-state index contributed by atoms with van der Waals surface area (Å²) >= 11 is 0. The topological polar surface area (TPSA) is 94.4 Å². The number of amides is 2. The van der Waals surface area contributed by atoms with E-state index in [1.807, 2.05) is 0 Å². The molecule has 0 fully saturated rings. The SMILES string of the molecule is CNC(=O)COc1cccc(NC(=O)c2cccc[n+]2[O-])c1. The van der Waals surface area contributed by atoms with Gasteiger partial charge in [-0.3, -0.25) is 9.59 Å². The second-order valence-electron chi connectivity index (χ2n) is 4.36. The monoisotopic (exact) mass is 301 g/mol. The molecule has 0 unspecified atom stereocenters. The normalized spacial score (nSPS) is 9.86. The van der Waals surface area contributed by atoms with E-state index in [-0.39, 0.29) is 18.2 Å². The zero-order chi connectivity index (χ0) is 15.9. The van der Waals surface area contributed by atoms with Gasteiger partial charge in [0.15, 0.2) is 12.8 Å². The van der Waals surface area contributed by atoms with Crippen LogP contribution in [-0.2, 0) is 4.79 Å². The van der Waals surface area contributed by atoms with Crippen molar-refractivity contribution in [2.24, 2.45) is 0 Å². The van der Waals surface area contributed by atoms with Crippen molar-refractivity contribution in [3.8, 4) is 5.75 Å². The zero-order valence-electron chi connectivity index (χ0n) is 11.9. The smallest absolute Gasteiger partial charge is 0.321 e. The summed E-state index contributed by atoms with van der Waals surface area (Å²) in [6, 6.07) is 11.1. The molecule has 2 amide bonds. The highest BCUT2D eigenvalue weighted by molar-refractivity contribution is 6.01. The molecule has 7 heteroatoms. The second-order valence-corrected chi connectivity index (χ2v) is 4.36. The predicted molar refractivity (Wildman–Crippen MR) is 79.4 cm³/mol. The van der Waals surface area contributed by atoms with E-state index in [1.165, 1.54) is 25.4 Å². The number of anilines is 1. The van der Waals surface area contributed by atoms with Crippen LogP contribution in [0.2, 0.25) is 0 Å². The summed E-state index contributed by atoms with van der Waals surface area (Å²) in [7, 11) is 1.51. The molecule has 1 aromatic heterocycles. The van der Waals surface area contributed by atoms with E-state index in [0.717, 1.165) is 0 Å². The number of pyridine rings is 1. The molecule has 1 heterocycles. The Morgan fingerprint density at radius 1 is 1.23 bits per heavy atom. The first-order valence-electron chi connectivity index (χ1n) is 6.53. The number of ether oxygens (including phenoxy) is 1. The third-order valence-electron chi connectivity index (χ3n) is 2.80. The first-order chi connectivity index (χ1) is 10.6. The summed E-state index contributed by atoms with van der Waals surface area (Å²) in [6.45, 7) is -0.118. The standard InChI is InChI=1S/C15H15N3O4/c1-16-14(19)10-22-12-6-4-5-11(9-12)17-15(20)13-7-2-3-8-18(13)21/h2-9H,10H2,1H3,(H,16,19)(H,17,20). The zero-order valence-corrected chi connectivity index (χ0v) is 11.9. The quantitative estimate of drug-likeness (QED) is 0.628. The van der Waals surface area contributed by atoms with E-state index in [2.05, 4.69) is 10.6 Å². The van der Waals surface area contributed by atoms with Crippen LogP contribution in [0.5, 0.6) is 5.75 Å². The van der Waals surface area contributed by atoms with Gasteiger partial charge in [-0.25, -0.2) is 0 Å². The molecular weight excluding hydrogens is 286 g/mol. The van der Waals surface area contributed by atoms with Gasteiger partial charge in [0, 0.05) is 30.9 Å². The summed E-state index contributed by atoms with van der Waals surface area (Å²) in [4.78, 5) is 23.1. The number of likely N-dealkylation sites (N-methyl/N-ethyl adjacent to an activating group) is 1. The van der Waals surface area contributed by atoms with Crippen LogP contribution in [0.4, 0.5) is 5.69 Å². The molecule has 0 saturated heterocycles. The average Bonchev–Trinajstić information content (AvgIpc) is 2.53. The van der Waals surface area contributed by atoms with Gasteiger partial charge in [0.25, 0.3) is 11.6 Å². The third kappa shape index (κ3) is 3.95. The Kier molecular flexibility index (Phi) is 4.92. The summed E-state index contributed by atoms with van der Waals surface area (Å²) < 4.78 is 5.77. The molecule has 114 valence electrons. The minimum Gasteiger partial charge on any atom is -0.618 e. The van der Waals surface area contributed by atoms with Crippen molar-refractivity contribution in [2.45, 2.75) is 0 Å². The third-order valence-corrected chi connectivity index (χ3v) is 2.80. The van der Waals surface area contributed by atoms with Gasteiger partial charge in [0.1, 0.15) is 5.75 Å². The van der Waals surface area contributed by atoms with E-state index in [1.54, 1.807) is 30.3 Å². The highest BCUT2D eigenvalue weighted by atomic mass is 16.5. The van der Waals surface area contributed by atoms with Crippen LogP contribution in [0.25, 0.3) is 0 Å². The van der Waals surface area contributed by atoms with Gasteiger partial charge in [0.05, 0.1) is 0 Å². The van der Waals surface area contributed by atoms with Crippen LogP contribution in [-0.4, -0.2) is 25.5 Å². The minimum absolute atomic E-state index is 0.0146. The Morgan fingerprint density at radius 2 is 2.05 bits per heavy atom. The number of hydrogen-bond donors (Lipinski definition) is 2. The van der Waals surface area contributed by atoms with Gasteiger partial charge in [0.2, 0.25) is 0 Å². The van der Waals surface area contributed by atoms with E-state index in [4.69, 9.17) is 4.74 Å². The summed E-state index contributed by atoms with van der Waals surface area (Å²) in [5, 5.41) is 16.6. The first kappa shape index (κ1) is 15.3. The van der Waals surface area contributed by atoms with Crippen LogP contribution in [0, 0.1) is 5.21 Å². The molecule has 1 aromatic carbocycles. The maximum Gasteiger partial charge on any atom is 0.321 e. The average molecular weight is 301 g/mol. The van der Waals surface area contributed by atoms with Crippen LogP contribution < -0.4 is 20.1 Å². The Bertz CT molecular complexity index is 688. The Balaban J connectivity index is 2.05. The number of carbonyl (C=O) groups excluding carboxylic acids is 2. The Labute approximate surface area is 127 Å². The van der Waals surface area contributed by atoms with Gasteiger partial charge in [-0.15, -0.1) is 0 Å². The molecule has 0 atom stereocenters. The predicted octanol–water partition coefficient (Wildman–Crippen LogP) is 0.697. The van der Waals surface area contributed by atoms with Crippen molar-refractivity contribution in [1.29, 1.82) is 0 Å². The van der Waals surface area contributed by atoms with E-state index in [9.17, 15) is 14.8 Å². The maximum atomic E-state index is 12.0. The number of nitrogens with zero attached hydrogens (tertiary/aromatic N) is 1. The Hall–Kier alpha value is -3.09. The highest BCUT2D eigenvalue weighted by Gasteiger charge is 2.15. The first-order valence-corrected chi connectivity index (χ1v) is 6.53. The fourth-order valence-electron chi connectivity index (χ4n) is 1.68. The number of nitrogens with one attached hydrogen (secondary N) is 2. The number of benzene rings is 1. The molecule has 2 rings (SSSR count). The molecule has 0 aliphatic carbocycles. The van der Waals surface area contributed by atoms with Crippen molar-refractivity contribution < 1.29 is 19.1 Å². The molecule has 0 aliphatic heterocycles. The molecule has 0 spiro atoms. The minimum atomic E-state index is -0.529. The van der Waals surface area contributed by atoms with Crippen LogP contribution in [0.15, 0.2) is 48.7 Å². The fraction of sp³-hybridized carbons (Fsp3) is 0.133. The van der Waals surface area contributed by atoms with Gasteiger partial charge in [-0.1, -0.05) is 6.07 Å². The molecule has 0 aliphatic rings. The molecule has 0 radical (unpaired) electrons. The highest BCUT2D eigenvalue weighted by Crippen LogP contribution is 2.17. The van der Waals surface area contributed by atoms with Crippen molar-refractivity contribution in [2.75, 3.05) is 19.0 Å². The van der Waals surface area contributed by atoms with Crippen LogP contribution in [0.3, 0.4) is 0 Å². The lowest BCUT2D eigenvalue weighted by atomic mass is 10.2. The van der Waals surface area contributed by atoms with E-state index >= 15 is 0 Å². The number of rotatable bonds is 5. The van der Waals surface area contributed by atoms with Crippen molar-refractivity contribution in [1.82, 2.24) is 5.32 Å². The summed E-state index contributed by atoms with van der Waals surface area (Å²) in [6.07, 6.45) is 1.25. The molecule has 2 N–H and O–H groups in total. The Morgan fingerprint density at radius 3 is 2.77 bits per heavy atom. The van der Waals surface area contributed by atoms with E-state index in [0.29, 0.717) is 16.2 Å². The molecule has 0 bridgehead atoms. The van der Waals surface area contributed by atoms with Crippen molar-refractivity contribution in [3.63, 3.8) is 0 Å². The number of hydrogen-bond acceptors (Lipinski definition) is 4. The summed E-state index contributed by atoms with van der Waals surface area (Å²) in [5.41, 5.74) is 0.447. The largest absolute Gasteiger partial charge is 0.618 e. The fourth-order valence-corrected chi connectivity index (χ4v) is 1.68. The van der Waals surface area contributed by atoms with Crippen molar-refractivity contribution >= 4 is 17.5 Å². The number of aromatic nitrogens is 1. The lowest BCUT2D eigenvalue weighted by Crippen LogP contribution is -2.36. The summed E-state index contributed by atoms with van der Waals surface area (Å²) in [5.74, 6) is -0.352. The number of carbonyl (C=O) groups is 2. The molecule has 0 saturated carbocycles. The second kappa shape index (κ2) is 7.07. The van der Waals surface area contributed by atoms with Crippen LogP contribution in [0.1, 0.15) is 10.5 Å². The molecular formula is C15H15N3O4. The van der Waals surface area contributed by atoms with Gasteiger partial charge in [-0.05, 0) is 18.2 Å². The van der Waals surface area contributed by atoms with E-state index < -0.39 is 5.91 Å². The van der Waals surface area contributed by atoms with Crippen molar-refractivity contribution in [3.05, 3.63) is 59.6 Å².